The third-order valence-electron chi connectivity index (χ3n) is 5.30. The van der Waals surface area contributed by atoms with E-state index >= 15 is 0 Å². The number of halogens is 1. The third kappa shape index (κ3) is 3.17. The van der Waals surface area contributed by atoms with Gasteiger partial charge in [0.25, 0.3) is 5.56 Å². The molecule has 1 aliphatic rings. The van der Waals surface area contributed by atoms with Crippen molar-refractivity contribution < 1.29 is 9.13 Å². The van der Waals surface area contributed by atoms with Gasteiger partial charge in [-0.15, -0.1) is 0 Å². The Bertz CT molecular complexity index is 1320. The van der Waals surface area contributed by atoms with Gasteiger partial charge in [-0.2, -0.15) is 0 Å². The molecule has 0 spiro atoms. The van der Waals surface area contributed by atoms with Crippen LogP contribution >= 0.6 is 0 Å². The first kappa shape index (κ1) is 18.6. The fraction of sp³-hybridized carbons (Fsp3) is 0.286. The molecule has 1 unspecified atom stereocenters. The number of pyridine rings is 3. The topological polar surface area (TPSA) is 85.5 Å². The molecule has 0 radical (unpaired) electrons. The molecule has 1 fully saturated rings. The van der Waals surface area contributed by atoms with Gasteiger partial charge in [0.15, 0.2) is 17.3 Å². The van der Waals surface area contributed by atoms with Gasteiger partial charge in [-0.1, -0.05) is 0 Å². The monoisotopic (exact) mass is 408 g/mol. The number of ether oxygens (including phenoxy) is 1. The minimum Gasteiger partial charge on any atom is -0.474 e. The van der Waals surface area contributed by atoms with Crippen molar-refractivity contribution in [1.29, 1.82) is 0 Å². The van der Waals surface area contributed by atoms with E-state index in [-0.39, 0.29) is 17.3 Å². The standard InChI is InChI=1S/C21H21FN6O2/c1-12-10-28-11-14(8-16(22)20(28)25-12)26-19-18-13(3-6-24-19)7-17(27(2)21(18)29)30-15-4-5-23-9-15/h3,6-8,10-11,15,23H,4-5,9H2,1-2H3,(H,24,26). The molecular weight excluding hydrogens is 387 g/mol. The predicted octanol–water partition coefficient (Wildman–Crippen LogP) is 2.51. The Morgan fingerprint density at radius 3 is 3.00 bits per heavy atom. The van der Waals surface area contributed by atoms with Crippen molar-refractivity contribution in [3.63, 3.8) is 0 Å². The molecule has 9 heteroatoms. The van der Waals surface area contributed by atoms with Crippen LogP contribution in [0.5, 0.6) is 5.88 Å². The second-order valence-electron chi connectivity index (χ2n) is 7.52. The van der Waals surface area contributed by atoms with Crippen LogP contribution in [-0.2, 0) is 7.05 Å². The molecule has 2 N–H and O–H groups in total. The SMILES string of the molecule is Cc1cn2cc(Nc3nccc4cc(OC5CCNC5)n(C)c(=O)c34)cc(F)c2n1. The smallest absolute Gasteiger partial charge is 0.264 e. The number of aromatic nitrogens is 4. The summed E-state index contributed by atoms with van der Waals surface area (Å²) in [6.45, 7) is 3.47. The Hall–Kier alpha value is -3.46. The van der Waals surface area contributed by atoms with E-state index in [4.69, 9.17) is 4.74 Å². The summed E-state index contributed by atoms with van der Waals surface area (Å²) in [4.78, 5) is 21.6. The molecule has 1 atom stereocenters. The molecule has 154 valence electrons. The fourth-order valence-corrected chi connectivity index (χ4v) is 3.81. The van der Waals surface area contributed by atoms with Gasteiger partial charge in [-0.05, 0) is 31.3 Å². The number of hydrogen-bond donors (Lipinski definition) is 2. The van der Waals surface area contributed by atoms with Crippen molar-refractivity contribution in [2.75, 3.05) is 18.4 Å². The number of hydrogen-bond acceptors (Lipinski definition) is 6. The largest absolute Gasteiger partial charge is 0.474 e. The molecule has 0 saturated carbocycles. The normalized spacial score (nSPS) is 16.4. The van der Waals surface area contributed by atoms with Crippen LogP contribution in [0.4, 0.5) is 15.9 Å². The van der Waals surface area contributed by atoms with Crippen LogP contribution in [0.2, 0.25) is 0 Å². The maximum absolute atomic E-state index is 14.4. The van der Waals surface area contributed by atoms with Gasteiger partial charge in [-0.3, -0.25) is 9.36 Å². The summed E-state index contributed by atoms with van der Waals surface area (Å²) in [6, 6.07) is 4.95. The van der Waals surface area contributed by atoms with E-state index in [1.54, 1.807) is 43.0 Å². The van der Waals surface area contributed by atoms with Crippen LogP contribution in [-0.4, -0.2) is 38.1 Å². The Labute approximate surface area is 171 Å². The minimum absolute atomic E-state index is 0.0424. The number of nitrogens with zero attached hydrogens (tertiary/aromatic N) is 4. The summed E-state index contributed by atoms with van der Waals surface area (Å²) >= 11 is 0. The average molecular weight is 408 g/mol. The highest BCUT2D eigenvalue weighted by atomic mass is 19.1. The lowest BCUT2D eigenvalue weighted by molar-refractivity contribution is 0.205. The highest BCUT2D eigenvalue weighted by molar-refractivity contribution is 5.93. The third-order valence-corrected chi connectivity index (χ3v) is 5.30. The van der Waals surface area contributed by atoms with Crippen LogP contribution in [0.3, 0.4) is 0 Å². The molecule has 0 amide bonds. The zero-order valence-corrected chi connectivity index (χ0v) is 16.6. The molecule has 30 heavy (non-hydrogen) atoms. The molecule has 0 aromatic carbocycles. The predicted molar refractivity (Wildman–Crippen MR) is 112 cm³/mol. The van der Waals surface area contributed by atoms with Gasteiger partial charge in [-0.25, -0.2) is 14.4 Å². The molecule has 4 aromatic heterocycles. The van der Waals surface area contributed by atoms with Gasteiger partial charge in [0.05, 0.1) is 16.8 Å². The quantitative estimate of drug-likeness (QED) is 0.540. The molecule has 5 rings (SSSR count). The molecule has 4 aromatic rings. The first-order chi connectivity index (χ1) is 14.5. The number of nitrogens with one attached hydrogen (secondary N) is 2. The van der Waals surface area contributed by atoms with Gasteiger partial charge < -0.3 is 19.8 Å². The van der Waals surface area contributed by atoms with E-state index in [0.29, 0.717) is 33.9 Å². The zero-order chi connectivity index (χ0) is 20.8. The lowest BCUT2D eigenvalue weighted by atomic mass is 10.2. The highest BCUT2D eigenvalue weighted by Crippen LogP contribution is 2.26. The molecule has 5 heterocycles. The van der Waals surface area contributed by atoms with Crippen LogP contribution in [0.25, 0.3) is 16.4 Å². The Morgan fingerprint density at radius 2 is 2.20 bits per heavy atom. The lowest BCUT2D eigenvalue weighted by Crippen LogP contribution is -2.25. The average Bonchev–Trinajstić information content (AvgIpc) is 3.35. The van der Waals surface area contributed by atoms with Crippen molar-refractivity contribution in [3.8, 4) is 5.88 Å². The molecule has 8 nitrogen and oxygen atoms in total. The first-order valence-corrected chi connectivity index (χ1v) is 9.77. The summed E-state index contributed by atoms with van der Waals surface area (Å²) in [5.74, 6) is 0.416. The lowest BCUT2D eigenvalue weighted by Gasteiger charge is -2.17. The van der Waals surface area contributed by atoms with Gasteiger partial charge in [0, 0.05) is 44.3 Å². The van der Waals surface area contributed by atoms with Crippen LogP contribution < -0.4 is 20.9 Å². The second kappa shape index (κ2) is 7.10. The summed E-state index contributed by atoms with van der Waals surface area (Å²) in [6.07, 6.45) is 6.01. The number of imidazole rings is 1. The number of fused-ring (bicyclic) bond motifs is 2. The first-order valence-electron chi connectivity index (χ1n) is 9.77. The summed E-state index contributed by atoms with van der Waals surface area (Å²) < 4.78 is 23.5. The van der Waals surface area contributed by atoms with Crippen molar-refractivity contribution in [3.05, 3.63) is 58.7 Å². The Morgan fingerprint density at radius 1 is 1.33 bits per heavy atom. The maximum atomic E-state index is 14.4. The number of rotatable bonds is 4. The Kier molecular flexibility index (Phi) is 4.39. The summed E-state index contributed by atoms with van der Waals surface area (Å²) in [5.41, 5.74) is 1.21. The van der Waals surface area contributed by atoms with Crippen LogP contribution in [0, 0.1) is 12.7 Å². The Balaban J connectivity index is 1.56. The summed E-state index contributed by atoms with van der Waals surface area (Å²) in [7, 11) is 1.68. The molecular formula is C21H21FN6O2. The molecule has 0 bridgehead atoms. The van der Waals surface area contributed by atoms with E-state index in [0.717, 1.165) is 19.5 Å². The van der Waals surface area contributed by atoms with Crippen LogP contribution in [0.15, 0.2) is 41.6 Å². The van der Waals surface area contributed by atoms with Crippen LogP contribution in [0.1, 0.15) is 12.1 Å². The van der Waals surface area contributed by atoms with Gasteiger partial charge in [0.2, 0.25) is 0 Å². The van der Waals surface area contributed by atoms with E-state index in [2.05, 4.69) is 20.6 Å². The van der Waals surface area contributed by atoms with Crippen molar-refractivity contribution in [2.24, 2.45) is 7.05 Å². The number of aryl methyl sites for hydroxylation is 1. The van der Waals surface area contributed by atoms with Gasteiger partial charge in [0.1, 0.15) is 11.9 Å². The second-order valence-corrected chi connectivity index (χ2v) is 7.52. The molecule has 1 aliphatic heterocycles. The minimum atomic E-state index is -0.456. The highest BCUT2D eigenvalue weighted by Gasteiger charge is 2.19. The van der Waals surface area contributed by atoms with Crippen molar-refractivity contribution >= 4 is 27.9 Å². The van der Waals surface area contributed by atoms with Gasteiger partial charge >= 0.3 is 0 Å². The molecule has 1 saturated heterocycles. The molecule has 0 aliphatic carbocycles. The van der Waals surface area contributed by atoms with E-state index in [9.17, 15) is 9.18 Å². The number of anilines is 2. The zero-order valence-electron chi connectivity index (χ0n) is 16.6. The van der Waals surface area contributed by atoms with Crippen molar-refractivity contribution in [1.82, 2.24) is 24.3 Å². The van der Waals surface area contributed by atoms with E-state index in [1.165, 1.54) is 10.6 Å². The summed E-state index contributed by atoms with van der Waals surface area (Å²) in [5, 5.41) is 7.46. The van der Waals surface area contributed by atoms with E-state index < -0.39 is 5.82 Å². The van der Waals surface area contributed by atoms with Crippen molar-refractivity contribution in [2.45, 2.75) is 19.4 Å². The van der Waals surface area contributed by atoms with E-state index in [1.807, 2.05) is 6.07 Å². The fourth-order valence-electron chi connectivity index (χ4n) is 3.81. The maximum Gasteiger partial charge on any atom is 0.264 e.